The molecule has 0 heterocycles. The zero-order chi connectivity index (χ0) is 11.8. The maximum absolute atomic E-state index is 4.97. The van der Waals surface area contributed by atoms with Crippen LogP contribution in [0.2, 0.25) is 0 Å². The monoisotopic (exact) mass is 205 g/mol. The van der Waals surface area contributed by atoms with Crippen LogP contribution in [-0.2, 0) is 4.74 Å². The fraction of sp³-hybridized carbons (Fsp3) is 0.308. The number of allylic oxidation sites excluding steroid dienone is 5. The van der Waals surface area contributed by atoms with E-state index in [1.165, 1.54) is 0 Å². The van der Waals surface area contributed by atoms with Gasteiger partial charge in [0.05, 0.1) is 7.11 Å². The molecule has 0 radical (unpaired) electrons. The third kappa shape index (κ3) is 5.68. The zero-order valence-corrected chi connectivity index (χ0v) is 9.84. The lowest BCUT2D eigenvalue weighted by Gasteiger charge is -2.05. The molecule has 0 saturated heterocycles. The number of hydrogen-bond donors (Lipinski definition) is 0. The Kier molecular flexibility index (Phi) is 6.11. The van der Waals surface area contributed by atoms with Crippen LogP contribution in [0.25, 0.3) is 0 Å². The lowest BCUT2D eigenvalue weighted by molar-refractivity contribution is 0.289. The topological polar surface area (TPSA) is 21.6 Å². The molecule has 0 bridgehead atoms. The Hall–Kier alpha value is -1.57. The molecule has 0 aliphatic carbocycles. The minimum Gasteiger partial charge on any atom is -0.481 e. The number of rotatable bonds is 6. The van der Waals surface area contributed by atoms with Crippen molar-refractivity contribution >= 4 is 6.72 Å². The van der Waals surface area contributed by atoms with Crippen molar-refractivity contribution in [1.29, 1.82) is 0 Å². The van der Waals surface area contributed by atoms with Crippen molar-refractivity contribution in [3.05, 3.63) is 47.9 Å². The fourth-order valence-corrected chi connectivity index (χ4v) is 1.03. The van der Waals surface area contributed by atoms with Crippen LogP contribution in [0.5, 0.6) is 0 Å². The van der Waals surface area contributed by atoms with E-state index in [9.17, 15) is 0 Å². The molecule has 2 heteroatoms. The first-order valence-corrected chi connectivity index (χ1v) is 4.73. The van der Waals surface area contributed by atoms with Crippen LogP contribution in [0.4, 0.5) is 0 Å². The summed E-state index contributed by atoms with van der Waals surface area (Å²) < 4.78 is 4.97. The van der Waals surface area contributed by atoms with Gasteiger partial charge in [-0.15, -0.1) is 0 Å². The van der Waals surface area contributed by atoms with Gasteiger partial charge in [0.2, 0.25) is 5.88 Å². The van der Waals surface area contributed by atoms with Crippen molar-refractivity contribution in [3.63, 3.8) is 0 Å². The van der Waals surface area contributed by atoms with Gasteiger partial charge in [-0.3, -0.25) is 0 Å². The molecule has 82 valence electrons. The highest BCUT2D eigenvalue weighted by atomic mass is 16.5. The van der Waals surface area contributed by atoms with Crippen LogP contribution in [0.1, 0.15) is 20.3 Å². The third-order valence-corrected chi connectivity index (χ3v) is 1.83. The van der Waals surface area contributed by atoms with E-state index in [1.54, 1.807) is 13.2 Å². The van der Waals surface area contributed by atoms with Gasteiger partial charge in [-0.2, -0.15) is 0 Å². The highest BCUT2D eigenvalue weighted by Gasteiger charge is 1.98. The van der Waals surface area contributed by atoms with Gasteiger partial charge in [-0.1, -0.05) is 30.4 Å². The number of methoxy groups -OCH3 is 1. The van der Waals surface area contributed by atoms with Crippen molar-refractivity contribution in [2.45, 2.75) is 20.3 Å². The molecule has 0 aromatic rings. The Morgan fingerprint density at radius 2 is 1.87 bits per heavy atom. The van der Waals surface area contributed by atoms with Gasteiger partial charge in [-0.05, 0) is 32.6 Å². The van der Waals surface area contributed by atoms with Gasteiger partial charge in [0.25, 0.3) is 0 Å². The maximum atomic E-state index is 4.97. The Morgan fingerprint density at radius 1 is 1.27 bits per heavy atom. The molecule has 0 atom stereocenters. The summed E-state index contributed by atoms with van der Waals surface area (Å²) in [6.07, 6.45) is 4.53. The Balaban J connectivity index is 4.83. The van der Waals surface area contributed by atoms with Crippen molar-refractivity contribution in [1.82, 2.24) is 0 Å². The quantitative estimate of drug-likeness (QED) is 0.281. The van der Waals surface area contributed by atoms with Gasteiger partial charge in [0.15, 0.2) is 0 Å². The molecule has 0 spiro atoms. The Morgan fingerprint density at radius 3 is 2.20 bits per heavy atom. The van der Waals surface area contributed by atoms with E-state index >= 15 is 0 Å². The zero-order valence-electron chi connectivity index (χ0n) is 9.84. The van der Waals surface area contributed by atoms with E-state index in [0.717, 1.165) is 23.1 Å². The van der Waals surface area contributed by atoms with E-state index in [1.807, 2.05) is 19.9 Å². The van der Waals surface area contributed by atoms with Crippen LogP contribution < -0.4 is 0 Å². The summed E-state index contributed by atoms with van der Waals surface area (Å²) in [5.74, 6) is 0.496. The SMILES string of the molecule is C=N/C(=C\C=C(/CC(=C)C)C(=C)C)OC. The highest BCUT2D eigenvalue weighted by molar-refractivity contribution is 5.35. The Bertz CT molecular complexity index is 321. The first-order valence-electron chi connectivity index (χ1n) is 4.73. The summed E-state index contributed by atoms with van der Waals surface area (Å²) in [7, 11) is 1.56. The van der Waals surface area contributed by atoms with Crippen molar-refractivity contribution in [2.75, 3.05) is 7.11 Å². The van der Waals surface area contributed by atoms with Crippen molar-refractivity contribution in [3.8, 4) is 0 Å². The maximum Gasteiger partial charge on any atom is 0.212 e. The van der Waals surface area contributed by atoms with Crippen LogP contribution in [0.15, 0.2) is 52.9 Å². The lowest BCUT2D eigenvalue weighted by Crippen LogP contribution is -1.86. The summed E-state index contributed by atoms with van der Waals surface area (Å²) in [5, 5.41) is 0. The van der Waals surface area contributed by atoms with Crippen LogP contribution in [0.3, 0.4) is 0 Å². The molecule has 0 N–H and O–H groups in total. The first-order chi connectivity index (χ1) is 7.01. The molecule has 0 amide bonds. The standard InChI is InChI=1S/C13H19NO/c1-10(2)9-12(11(3)4)7-8-13(14-5)15-6/h7-8H,1,3,5,9H2,2,4,6H3/b12-7+,13-8+. The van der Waals surface area contributed by atoms with Crippen LogP contribution in [0, 0.1) is 0 Å². The number of ether oxygens (including phenoxy) is 1. The molecule has 2 nitrogen and oxygen atoms in total. The van der Waals surface area contributed by atoms with E-state index in [0.29, 0.717) is 5.88 Å². The second-order valence-electron chi connectivity index (χ2n) is 3.47. The number of hydrogen-bond acceptors (Lipinski definition) is 2. The predicted octanol–water partition coefficient (Wildman–Crippen LogP) is 3.64. The van der Waals surface area contributed by atoms with Gasteiger partial charge < -0.3 is 4.74 Å². The first kappa shape index (κ1) is 13.4. The van der Waals surface area contributed by atoms with Crippen LogP contribution in [-0.4, -0.2) is 13.8 Å². The summed E-state index contributed by atoms with van der Waals surface area (Å²) >= 11 is 0. The van der Waals surface area contributed by atoms with Gasteiger partial charge in [0, 0.05) is 6.08 Å². The summed E-state index contributed by atoms with van der Waals surface area (Å²) in [4.78, 5) is 3.71. The van der Waals surface area contributed by atoms with Crippen LogP contribution >= 0.6 is 0 Å². The molecule has 0 unspecified atom stereocenters. The largest absolute Gasteiger partial charge is 0.481 e. The van der Waals surface area contributed by atoms with Crippen molar-refractivity contribution in [2.24, 2.45) is 4.99 Å². The summed E-state index contributed by atoms with van der Waals surface area (Å²) in [6, 6.07) is 0. The second kappa shape index (κ2) is 6.82. The van der Waals surface area contributed by atoms with Gasteiger partial charge in [-0.25, -0.2) is 4.99 Å². The Labute approximate surface area is 92.4 Å². The van der Waals surface area contributed by atoms with E-state index in [2.05, 4.69) is 24.9 Å². The van der Waals surface area contributed by atoms with E-state index < -0.39 is 0 Å². The molecule has 0 aromatic carbocycles. The minimum atomic E-state index is 0.496. The van der Waals surface area contributed by atoms with Gasteiger partial charge >= 0.3 is 0 Å². The third-order valence-electron chi connectivity index (χ3n) is 1.83. The number of aliphatic imine (C=N–C) groups is 1. The molecule has 0 rings (SSSR count). The molecular weight excluding hydrogens is 186 g/mol. The molecule has 0 fully saturated rings. The van der Waals surface area contributed by atoms with Gasteiger partial charge in [0.1, 0.15) is 0 Å². The highest BCUT2D eigenvalue weighted by Crippen LogP contribution is 2.16. The predicted molar refractivity (Wildman–Crippen MR) is 67.0 cm³/mol. The van der Waals surface area contributed by atoms with E-state index in [-0.39, 0.29) is 0 Å². The molecule has 15 heavy (non-hydrogen) atoms. The molecular formula is C13H19NO. The smallest absolute Gasteiger partial charge is 0.212 e. The molecule has 0 aromatic heterocycles. The second-order valence-corrected chi connectivity index (χ2v) is 3.47. The summed E-state index contributed by atoms with van der Waals surface area (Å²) in [5.41, 5.74) is 3.25. The van der Waals surface area contributed by atoms with Crippen molar-refractivity contribution < 1.29 is 4.74 Å². The lowest BCUT2D eigenvalue weighted by atomic mass is 10.0. The fourth-order valence-electron chi connectivity index (χ4n) is 1.03. The normalized spacial score (nSPS) is 12.2. The van der Waals surface area contributed by atoms with E-state index in [4.69, 9.17) is 4.74 Å². The average molecular weight is 205 g/mol. The minimum absolute atomic E-state index is 0.496. The molecule has 0 aliphatic rings. The average Bonchev–Trinajstić information content (AvgIpc) is 2.16. The number of nitrogens with zero attached hydrogens (tertiary/aromatic N) is 1. The molecule has 0 saturated carbocycles. The molecule has 0 aliphatic heterocycles. The summed E-state index contributed by atoms with van der Waals surface area (Å²) in [6.45, 7) is 15.1.